The van der Waals surface area contributed by atoms with Gasteiger partial charge in [0.05, 0.1) is 0 Å². The van der Waals surface area contributed by atoms with Crippen molar-refractivity contribution in [2.75, 3.05) is 11.9 Å². The van der Waals surface area contributed by atoms with Gasteiger partial charge in [0, 0.05) is 43.9 Å². The number of anilines is 1. The van der Waals surface area contributed by atoms with E-state index in [1.54, 1.807) is 6.20 Å². The molecule has 0 aliphatic heterocycles. The highest BCUT2D eigenvalue weighted by Gasteiger charge is 2.15. The van der Waals surface area contributed by atoms with E-state index >= 15 is 0 Å². The molecule has 5 nitrogen and oxygen atoms in total. The van der Waals surface area contributed by atoms with E-state index in [0.717, 1.165) is 29.7 Å². The van der Waals surface area contributed by atoms with Gasteiger partial charge >= 0.3 is 0 Å². The van der Waals surface area contributed by atoms with E-state index in [1.807, 2.05) is 47.2 Å². The van der Waals surface area contributed by atoms with Gasteiger partial charge in [-0.05, 0) is 41.3 Å². The van der Waals surface area contributed by atoms with Crippen LogP contribution in [0.15, 0.2) is 60.9 Å². The molecule has 0 bridgehead atoms. The fourth-order valence-corrected chi connectivity index (χ4v) is 4.00. The van der Waals surface area contributed by atoms with Gasteiger partial charge in [-0.3, -0.25) is 4.79 Å². The molecule has 0 spiro atoms. The van der Waals surface area contributed by atoms with Gasteiger partial charge < -0.3 is 14.6 Å². The van der Waals surface area contributed by atoms with E-state index in [-0.39, 0.29) is 11.3 Å². The van der Waals surface area contributed by atoms with E-state index in [1.165, 1.54) is 5.56 Å². The highest BCUT2D eigenvalue weighted by Crippen LogP contribution is 2.24. The highest BCUT2D eigenvalue weighted by molar-refractivity contribution is 6.76. The first-order valence-corrected chi connectivity index (χ1v) is 14.8. The summed E-state index contributed by atoms with van der Waals surface area (Å²) >= 11 is 0. The first kappa shape index (κ1) is 23.9. The SMILES string of the molecule is CC(C)(C)c1ccc(NC(=O)c2ccc(-c3nccn3COCC[Si](C)(C)C)cc2)cc1. The molecule has 170 valence electrons. The third-order valence-corrected chi connectivity index (χ3v) is 7.06. The molecule has 0 aliphatic rings. The van der Waals surface area contributed by atoms with Crippen molar-refractivity contribution in [2.45, 2.75) is 58.6 Å². The topological polar surface area (TPSA) is 56.2 Å². The summed E-state index contributed by atoms with van der Waals surface area (Å²) in [4.78, 5) is 17.1. The number of rotatable bonds is 8. The van der Waals surface area contributed by atoms with Crippen molar-refractivity contribution in [1.29, 1.82) is 0 Å². The van der Waals surface area contributed by atoms with E-state index < -0.39 is 8.07 Å². The predicted molar refractivity (Wildman–Crippen MR) is 135 cm³/mol. The van der Waals surface area contributed by atoms with Crippen molar-refractivity contribution in [3.05, 3.63) is 72.1 Å². The van der Waals surface area contributed by atoms with Gasteiger partial charge in [-0.2, -0.15) is 0 Å². The van der Waals surface area contributed by atoms with Crippen molar-refractivity contribution in [3.63, 3.8) is 0 Å². The molecule has 1 N–H and O–H groups in total. The Balaban J connectivity index is 1.62. The summed E-state index contributed by atoms with van der Waals surface area (Å²) < 4.78 is 7.86. The van der Waals surface area contributed by atoms with Gasteiger partial charge in [-0.1, -0.05) is 64.7 Å². The monoisotopic (exact) mass is 449 g/mol. The standard InChI is InChI=1S/C26H35N3O2Si/c1-26(2,3)22-11-13-23(14-12-22)28-25(30)21-9-7-20(8-10-21)24-27-15-16-29(24)19-31-17-18-32(4,5)6/h7-16H,17-19H2,1-6H3,(H,28,30). The Morgan fingerprint density at radius 1 is 1.03 bits per heavy atom. The van der Waals surface area contributed by atoms with Crippen molar-refractivity contribution >= 4 is 19.7 Å². The first-order valence-electron chi connectivity index (χ1n) is 11.1. The number of hydrogen-bond acceptors (Lipinski definition) is 3. The summed E-state index contributed by atoms with van der Waals surface area (Å²) in [7, 11) is -1.10. The Labute approximate surface area is 192 Å². The zero-order valence-corrected chi connectivity index (χ0v) is 21.1. The maximum Gasteiger partial charge on any atom is 0.255 e. The molecule has 1 aromatic heterocycles. The Hall–Kier alpha value is -2.70. The van der Waals surface area contributed by atoms with Crippen LogP contribution in [0.2, 0.25) is 25.7 Å². The van der Waals surface area contributed by atoms with Crippen LogP contribution in [0.3, 0.4) is 0 Å². The Morgan fingerprint density at radius 2 is 1.69 bits per heavy atom. The van der Waals surface area contributed by atoms with Crippen LogP contribution in [0.4, 0.5) is 5.69 Å². The van der Waals surface area contributed by atoms with E-state index in [4.69, 9.17) is 4.74 Å². The molecule has 0 radical (unpaired) electrons. The molecule has 1 heterocycles. The predicted octanol–water partition coefficient (Wildman–Crippen LogP) is 6.41. The minimum Gasteiger partial charge on any atom is -0.361 e. The van der Waals surface area contributed by atoms with Crippen LogP contribution in [0.1, 0.15) is 36.7 Å². The van der Waals surface area contributed by atoms with Crippen molar-refractivity contribution in [1.82, 2.24) is 9.55 Å². The van der Waals surface area contributed by atoms with Gasteiger partial charge in [0.25, 0.3) is 5.91 Å². The summed E-state index contributed by atoms with van der Waals surface area (Å²) in [5, 5.41) is 2.97. The van der Waals surface area contributed by atoms with Crippen LogP contribution < -0.4 is 5.32 Å². The Morgan fingerprint density at radius 3 is 2.28 bits per heavy atom. The lowest BCUT2D eigenvalue weighted by Gasteiger charge is -2.19. The number of ether oxygens (including phenoxy) is 1. The number of nitrogens with one attached hydrogen (secondary N) is 1. The molecule has 3 aromatic rings. The van der Waals surface area contributed by atoms with Gasteiger partial charge in [0.1, 0.15) is 12.6 Å². The van der Waals surface area contributed by atoms with Crippen molar-refractivity contribution in [3.8, 4) is 11.4 Å². The summed E-state index contributed by atoms with van der Waals surface area (Å²) in [6, 6.07) is 16.7. The third kappa shape index (κ3) is 6.65. The number of carbonyl (C=O) groups excluding carboxylic acids is 1. The third-order valence-electron chi connectivity index (χ3n) is 5.36. The average molecular weight is 450 g/mol. The summed E-state index contributed by atoms with van der Waals surface area (Å²) in [6.45, 7) is 14.8. The molecule has 0 unspecified atom stereocenters. The molecule has 0 saturated carbocycles. The Bertz CT molecular complexity index is 1030. The maximum atomic E-state index is 12.7. The van der Waals surface area contributed by atoms with Crippen LogP contribution in [0, 0.1) is 0 Å². The number of hydrogen-bond donors (Lipinski definition) is 1. The van der Waals surface area contributed by atoms with E-state index in [2.05, 4.69) is 62.8 Å². The number of imidazole rings is 1. The lowest BCUT2D eigenvalue weighted by molar-refractivity contribution is 0.0883. The van der Waals surface area contributed by atoms with Gasteiger partial charge in [0.2, 0.25) is 0 Å². The molecular weight excluding hydrogens is 414 g/mol. The largest absolute Gasteiger partial charge is 0.361 e. The molecule has 3 rings (SSSR count). The number of nitrogens with zero attached hydrogens (tertiary/aromatic N) is 2. The van der Waals surface area contributed by atoms with Crippen LogP contribution in [0.25, 0.3) is 11.4 Å². The van der Waals surface area contributed by atoms with E-state index in [0.29, 0.717) is 12.3 Å². The highest BCUT2D eigenvalue weighted by atomic mass is 28.3. The van der Waals surface area contributed by atoms with Crippen LogP contribution in [0.5, 0.6) is 0 Å². The molecule has 2 aromatic carbocycles. The number of carbonyl (C=O) groups is 1. The minimum atomic E-state index is -1.10. The minimum absolute atomic E-state index is 0.0867. The first-order chi connectivity index (χ1) is 15.0. The summed E-state index contributed by atoms with van der Waals surface area (Å²) in [5.41, 5.74) is 3.68. The van der Waals surface area contributed by atoms with Crippen LogP contribution >= 0.6 is 0 Å². The maximum absolute atomic E-state index is 12.7. The van der Waals surface area contributed by atoms with Crippen LogP contribution in [-0.4, -0.2) is 30.1 Å². The smallest absolute Gasteiger partial charge is 0.255 e. The second-order valence-electron chi connectivity index (χ2n) is 10.4. The van der Waals surface area contributed by atoms with Gasteiger partial charge in [-0.25, -0.2) is 4.98 Å². The Kier molecular flexibility index (Phi) is 7.36. The van der Waals surface area contributed by atoms with E-state index in [9.17, 15) is 4.79 Å². The lowest BCUT2D eigenvalue weighted by atomic mass is 9.87. The van der Waals surface area contributed by atoms with Crippen molar-refractivity contribution < 1.29 is 9.53 Å². The average Bonchev–Trinajstić information content (AvgIpc) is 3.19. The number of benzene rings is 2. The second kappa shape index (κ2) is 9.84. The number of amides is 1. The zero-order valence-electron chi connectivity index (χ0n) is 20.1. The van der Waals surface area contributed by atoms with Gasteiger partial charge in [-0.15, -0.1) is 0 Å². The van der Waals surface area contributed by atoms with Gasteiger partial charge in [0.15, 0.2) is 0 Å². The molecular formula is C26H35N3O2Si. The quantitative estimate of drug-likeness (QED) is 0.319. The number of aromatic nitrogens is 2. The lowest BCUT2D eigenvalue weighted by Crippen LogP contribution is -2.22. The zero-order chi connectivity index (χ0) is 23.4. The molecule has 6 heteroatoms. The molecule has 0 aliphatic carbocycles. The fourth-order valence-electron chi connectivity index (χ4n) is 3.24. The van der Waals surface area contributed by atoms with Crippen LogP contribution in [-0.2, 0) is 16.9 Å². The molecule has 0 saturated heterocycles. The molecule has 0 atom stereocenters. The molecule has 1 amide bonds. The van der Waals surface area contributed by atoms with Crippen molar-refractivity contribution in [2.24, 2.45) is 0 Å². The summed E-state index contributed by atoms with van der Waals surface area (Å²) in [6.07, 6.45) is 3.70. The second-order valence-corrected chi connectivity index (χ2v) is 16.0. The molecule has 0 fully saturated rings. The fraction of sp³-hybridized carbons (Fsp3) is 0.385. The normalized spacial score (nSPS) is 12.1. The molecule has 32 heavy (non-hydrogen) atoms. The summed E-state index contributed by atoms with van der Waals surface area (Å²) in [5.74, 6) is 0.709.